The molecular formula is C24H49NO9. The second-order valence-corrected chi connectivity index (χ2v) is 8.69. The zero-order valence-corrected chi connectivity index (χ0v) is 22.1. The van der Waals surface area contributed by atoms with Gasteiger partial charge < -0.3 is 43.2 Å². The molecule has 10 heteroatoms. The highest BCUT2D eigenvalue weighted by Crippen LogP contribution is 2.06. The predicted octanol–water partition coefficient (Wildman–Crippen LogP) is 2.67. The van der Waals surface area contributed by atoms with Gasteiger partial charge in [0.25, 0.3) is 0 Å². The Hall–Kier alpha value is -1.01. The number of hydrogen-bond acceptors (Lipinski definition) is 9. The fourth-order valence-electron chi connectivity index (χ4n) is 2.26. The molecule has 0 aromatic carbocycles. The van der Waals surface area contributed by atoms with Crippen LogP contribution in [0.15, 0.2) is 0 Å². The Labute approximate surface area is 206 Å². The van der Waals surface area contributed by atoms with Crippen molar-refractivity contribution in [1.82, 2.24) is 5.32 Å². The van der Waals surface area contributed by atoms with E-state index in [4.69, 9.17) is 37.9 Å². The maximum atomic E-state index is 11.4. The Morgan fingerprint density at radius 1 is 0.647 bits per heavy atom. The summed E-state index contributed by atoms with van der Waals surface area (Å²) in [6, 6.07) is 0. The van der Waals surface area contributed by atoms with Crippen molar-refractivity contribution >= 4 is 6.09 Å². The van der Waals surface area contributed by atoms with Crippen LogP contribution in [0, 0.1) is 5.92 Å². The lowest BCUT2D eigenvalue weighted by atomic mass is 10.1. The summed E-state index contributed by atoms with van der Waals surface area (Å²) in [7, 11) is 0. The summed E-state index contributed by atoms with van der Waals surface area (Å²) in [5, 5.41) is 2.63. The number of amides is 1. The van der Waals surface area contributed by atoms with Crippen LogP contribution in [0.1, 0.15) is 41.0 Å². The Balaban J connectivity index is 3.12. The van der Waals surface area contributed by atoms with E-state index in [0.717, 1.165) is 13.0 Å². The van der Waals surface area contributed by atoms with Gasteiger partial charge in [0.15, 0.2) is 0 Å². The lowest BCUT2D eigenvalue weighted by Crippen LogP contribution is -2.34. The maximum absolute atomic E-state index is 11.4. The minimum absolute atomic E-state index is 0.394. The SMILES string of the molecule is CCC(C)COCCOCCOCCOCCOCCOCCOCCNC(=O)OC(C)(C)C. The molecule has 0 aliphatic heterocycles. The molecule has 0 saturated carbocycles. The molecule has 204 valence electrons. The van der Waals surface area contributed by atoms with Crippen molar-refractivity contribution in [2.45, 2.75) is 46.6 Å². The van der Waals surface area contributed by atoms with Gasteiger partial charge >= 0.3 is 6.09 Å². The van der Waals surface area contributed by atoms with Gasteiger partial charge in [-0.2, -0.15) is 0 Å². The number of carbonyl (C=O) groups is 1. The number of ether oxygens (including phenoxy) is 8. The normalized spacial score (nSPS) is 12.6. The van der Waals surface area contributed by atoms with E-state index < -0.39 is 11.7 Å². The molecular weight excluding hydrogens is 446 g/mol. The van der Waals surface area contributed by atoms with Crippen LogP contribution in [0.3, 0.4) is 0 Å². The van der Waals surface area contributed by atoms with Crippen LogP contribution in [0.5, 0.6) is 0 Å². The second kappa shape index (κ2) is 23.7. The zero-order valence-electron chi connectivity index (χ0n) is 22.1. The van der Waals surface area contributed by atoms with Gasteiger partial charge in [0.05, 0.1) is 85.9 Å². The van der Waals surface area contributed by atoms with Crippen molar-refractivity contribution in [1.29, 1.82) is 0 Å². The molecule has 1 unspecified atom stereocenters. The maximum Gasteiger partial charge on any atom is 0.407 e. The minimum Gasteiger partial charge on any atom is -0.444 e. The molecule has 0 fully saturated rings. The van der Waals surface area contributed by atoms with Gasteiger partial charge in [-0.25, -0.2) is 4.79 Å². The molecule has 0 aliphatic carbocycles. The average Bonchev–Trinajstić information content (AvgIpc) is 2.78. The third kappa shape index (κ3) is 27.2. The number of rotatable bonds is 24. The van der Waals surface area contributed by atoms with Gasteiger partial charge in [0.2, 0.25) is 0 Å². The number of hydrogen-bond donors (Lipinski definition) is 1. The number of carbonyl (C=O) groups excluding carboxylic acids is 1. The highest BCUT2D eigenvalue weighted by atomic mass is 16.6. The van der Waals surface area contributed by atoms with Crippen LogP contribution < -0.4 is 5.32 Å². The van der Waals surface area contributed by atoms with Gasteiger partial charge in [0, 0.05) is 13.2 Å². The molecule has 34 heavy (non-hydrogen) atoms. The molecule has 0 bridgehead atoms. The lowest BCUT2D eigenvalue weighted by molar-refractivity contribution is -0.0214. The highest BCUT2D eigenvalue weighted by Gasteiger charge is 2.15. The predicted molar refractivity (Wildman–Crippen MR) is 129 cm³/mol. The quantitative estimate of drug-likeness (QED) is 0.202. The van der Waals surface area contributed by atoms with Crippen molar-refractivity contribution in [3.05, 3.63) is 0 Å². The van der Waals surface area contributed by atoms with E-state index in [1.54, 1.807) is 0 Å². The first-order chi connectivity index (χ1) is 16.3. The van der Waals surface area contributed by atoms with Crippen LogP contribution in [0.2, 0.25) is 0 Å². The van der Waals surface area contributed by atoms with Gasteiger partial charge in [-0.05, 0) is 26.7 Å². The number of alkyl carbamates (subject to hydrolysis) is 1. The standard InChI is InChI=1S/C24H49NO9/c1-6-22(2)21-33-20-19-32-18-17-31-16-15-30-14-13-29-12-11-28-10-9-27-8-7-25-23(26)34-24(3,4)5/h22H,6-21H2,1-5H3,(H,25,26). The summed E-state index contributed by atoms with van der Waals surface area (Å²) in [4.78, 5) is 11.4. The first kappa shape index (κ1) is 33.0. The summed E-state index contributed by atoms with van der Waals surface area (Å²) >= 11 is 0. The Kier molecular flexibility index (Phi) is 23.0. The molecule has 0 saturated heterocycles. The first-order valence-electron chi connectivity index (χ1n) is 12.4. The molecule has 0 aromatic rings. The van der Waals surface area contributed by atoms with Crippen molar-refractivity contribution in [3.63, 3.8) is 0 Å². The fourth-order valence-corrected chi connectivity index (χ4v) is 2.26. The summed E-state index contributed by atoms with van der Waals surface area (Å²) in [6.45, 7) is 17.7. The monoisotopic (exact) mass is 495 g/mol. The summed E-state index contributed by atoms with van der Waals surface area (Å²) < 4.78 is 43.2. The van der Waals surface area contributed by atoms with Crippen molar-refractivity contribution in [2.75, 3.05) is 99.0 Å². The van der Waals surface area contributed by atoms with E-state index in [1.807, 2.05) is 20.8 Å². The van der Waals surface area contributed by atoms with Gasteiger partial charge in [-0.1, -0.05) is 20.3 Å². The van der Waals surface area contributed by atoms with E-state index in [1.165, 1.54) is 0 Å². The minimum atomic E-state index is -0.500. The summed E-state index contributed by atoms with van der Waals surface area (Å²) in [6.07, 6.45) is 0.688. The third-order valence-corrected chi connectivity index (χ3v) is 4.25. The Bertz CT molecular complexity index is 447. The molecule has 0 heterocycles. The van der Waals surface area contributed by atoms with Crippen molar-refractivity contribution < 1.29 is 42.7 Å². The average molecular weight is 496 g/mol. The van der Waals surface area contributed by atoms with E-state index in [2.05, 4.69) is 19.2 Å². The van der Waals surface area contributed by atoms with Crippen LogP contribution in [0.25, 0.3) is 0 Å². The summed E-state index contributed by atoms with van der Waals surface area (Å²) in [5.41, 5.74) is -0.500. The molecule has 10 nitrogen and oxygen atoms in total. The van der Waals surface area contributed by atoms with Crippen LogP contribution in [0.4, 0.5) is 4.79 Å². The lowest BCUT2D eigenvalue weighted by Gasteiger charge is -2.19. The molecule has 1 N–H and O–H groups in total. The smallest absolute Gasteiger partial charge is 0.407 e. The van der Waals surface area contributed by atoms with Gasteiger partial charge in [-0.15, -0.1) is 0 Å². The molecule has 1 atom stereocenters. The molecule has 0 rings (SSSR count). The first-order valence-corrected chi connectivity index (χ1v) is 12.4. The largest absolute Gasteiger partial charge is 0.444 e. The molecule has 0 radical (unpaired) electrons. The van der Waals surface area contributed by atoms with Crippen LogP contribution >= 0.6 is 0 Å². The van der Waals surface area contributed by atoms with Crippen molar-refractivity contribution in [3.8, 4) is 0 Å². The molecule has 0 aromatic heterocycles. The topological polar surface area (TPSA) is 103 Å². The van der Waals surface area contributed by atoms with Gasteiger partial charge in [-0.3, -0.25) is 0 Å². The molecule has 0 aliphatic rings. The molecule has 0 spiro atoms. The Morgan fingerprint density at radius 2 is 1.00 bits per heavy atom. The second-order valence-electron chi connectivity index (χ2n) is 8.69. The van der Waals surface area contributed by atoms with Crippen molar-refractivity contribution in [2.24, 2.45) is 5.92 Å². The fraction of sp³-hybridized carbons (Fsp3) is 0.958. The van der Waals surface area contributed by atoms with Crippen LogP contribution in [-0.2, 0) is 37.9 Å². The third-order valence-electron chi connectivity index (χ3n) is 4.25. The Morgan fingerprint density at radius 3 is 1.35 bits per heavy atom. The molecule has 1 amide bonds. The zero-order chi connectivity index (χ0) is 25.3. The summed E-state index contributed by atoms with van der Waals surface area (Å²) in [5.74, 6) is 0.598. The van der Waals surface area contributed by atoms with Crippen LogP contribution in [-0.4, -0.2) is 111 Å². The van der Waals surface area contributed by atoms with E-state index in [9.17, 15) is 4.79 Å². The van der Waals surface area contributed by atoms with E-state index >= 15 is 0 Å². The van der Waals surface area contributed by atoms with E-state index in [0.29, 0.717) is 98.4 Å². The van der Waals surface area contributed by atoms with Gasteiger partial charge in [0.1, 0.15) is 5.60 Å². The number of nitrogens with one attached hydrogen (secondary N) is 1. The highest BCUT2D eigenvalue weighted by molar-refractivity contribution is 5.67. The van der Waals surface area contributed by atoms with E-state index in [-0.39, 0.29) is 0 Å².